The molecule has 0 aliphatic heterocycles. The highest BCUT2D eigenvalue weighted by Crippen LogP contribution is 2.17. The van der Waals surface area contributed by atoms with E-state index in [0.29, 0.717) is 12.1 Å². The first-order valence-electron chi connectivity index (χ1n) is 5.87. The maximum atomic E-state index is 13.6. The van der Waals surface area contributed by atoms with Gasteiger partial charge in [0, 0.05) is 29.0 Å². The maximum absolute atomic E-state index is 13.6. The number of hydrogen-bond acceptors (Lipinski definition) is 2. The van der Waals surface area contributed by atoms with Gasteiger partial charge in [-0.3, -0.25) is 0 Å². The number of nitrogens with one attached hydrogen (secondary N) is 2. The molecule has 3 nitrogen and oxygen atoms in total. The normalized spacial score (nSPS) is 12.6. The van der Waals surface area contributed by atoms with Crippen molar-refractivity contribution in [2.75, 3.05) is 0 Å². The van der Waals surface area contributed by atoms with Crippen LogP contribution in [0.25, 0.3) is 0 Å². The molecule has 1 atom stereocenters. The Labute approximate surface area is 114 Å². The lowest BCUT2D eigenvalue weighted by Crippen LogP contribution is -2.21. The van der Waals surface area contributed by atoms with Crippen LogP contribution in [-0.2, 0) is 6.54 Å². The first-order chi connectivity index (χ1) is 8.70. The largest absolute Gasteiger partial charge is 0.347 e. The van der Waals surface area contributed by atoms with Gasteiger partial charge >= 0.3 is 0 Å². The summed E-state index contributed by atoms with van der Waals surface area (Å²) in [7, 11) is 0. The van der Waals surface area contributed by atoms with Crippen molar-refractivity contribution in [3.63, 3.8) is 0 Å². The minimum Gasteiger partial charge on any atom is -0.347 e. The number of imidazole rings is 1. The van der Waals surface area contributed by atoms with Gasteiger partial charge in [-0.1, -0.05) is 22.9 Å². The first kappa shape index (κ1) is 13.2. The Bertz CT molecular complexity index is 499. The highest BCUT2D eigenvalue weighted by atomic mass is 79.9. The quantitative estimate of drug-likeness (QED) is 0.886. The summed E-state index contributed by atoms with van der Waals surface area (Å²) in [6, 6.07) is 5.06. The number of hydrogen-bond donors (Lipinski definition) is 2. The van der Waals surface area contributed by atoms with E-state index < -0.39 is 0 Å². The highest BCUT2D eigenvalue weighted by Gasteiger charge is 2.12. The van der Waals surface area contributed by atoms with Crippen LogP contribution in [0.5, 0.6) is 0 Å². The first-order valence-corrected chi connectivity index (χ1v) is 6.66. The van der Waals surface area contributed by atoms with E-state index >= 15 is 0 Å². The molecule has 0 aliphatic carbocycles. The second-order valence-corrected chi connectivity index (χ2v) is 4.97. The summed E-state index contributed by atoms with van der Waals surface area (Å²) in [5.41, 5.74) is 0.648. The predicted molar refractivity (Wildman–Crippen MR) is 72.6 cm³/mol. The van der Waals surface area contributed by atoms with Gasteiger partial charge in [0.15, 0.2) is 0 Å². The van der Waals surface area contributed by atoms with Crippen molar-refractivity contribution in [3.05, 3.63) is 52.3 Å². The van der Waals surface area contributed by atoms with Crippen LogP contribution in [0.15, 0.2) is 35.1 Å². The summed E-state index contributed by atoms with van der Waals surface area (Å²) in [5.74, 6) is 0.688. The molecule has 96 valence electrons. The summed E-state index contributed by atoms with van der Waals surface area (Å²) >= 11 is 3.35. The molecule has 1 heterocycles. The monoisotopic (exact) mass is 311 g/mol. The van der Waals surface area contributed by atoms with Gasteiger partial charge < -0.3 is 10.3 Å². The minimum absolute atomic E-state index is 0.110. The van der Waals surface area contributed by atoms with E-state index in [-0.39, 0.29) is 11.9 Å². The topological polar surface area (TPSA) is 40.7 Å². The van der Waals surface area contributed by atoms with Crippen molar-refractivity contribution in [2.45, 2.75) is 25.9 Å². The molecular weight excluding hydrogens is 297 g/mol. The van der Waals surface area contributed by atoms with Gasteiger partial charge in [-0.25, -0.2) is 9.37 Å². The molecule has 0 amide bonds. The third-order valence-corrected chi connectivity index (χ3v) is 3.30. The summed E-state index contributed by atoms with van der Waals surface area (Å²) in [4.78, 5) is 7.29. The Morgan fingerprint density at radius 2 is 2.33 bits per heavy atom. The number of nitrogens with zero attached hydrogens (tertiary/aromatic N) is 1. The number of rotatable bonds is 5. The van der Waals surface area contributed by atoms with Gasteiger partial charge in [-0.15, -0.1) is 0 Å². The predicted octanol–water partition coefficient (Wildman–Crippen LogP) is 3.55. The number of halogens is 2. The van der Waals surface area contributed by atoms with Gasteiger partial charge in [-0.2, -0.15) is 0 Å². The van der Waals surface area contributed by atoms with Crippen LogP contribution in [0.4, 0.5) is 4.39 Å². The maximum Gasteiger partial charge on any atom is 0.127 e. The average Bonchev–Trinajstić information content (AvgIpc) is 2.88. The molecule has 0 radical (unpaired) electrons. The second kappa shape index (κ2) is 6.11. The molecule has 2 rings (SSSR count). The second-order valence-electron chi connectivity index (χ2n) is 4.05. The molecule has 1 aromatic carbocycles. The van der Waals surface area contributed by atoms with Crippen LogP contribution < -0.4 is 5.32 Å². The van der Waals surface area contributed by atoms with Crippen molar-refractivity contribution in [1.29, 1.82) is 0 Å². The zero-order valence-electron chi connectivity index (χ0n) is 10.1. The minimum atomic E-state index is -0.194. The summed E-state index contributed by atoms with van der Waals surface area (Å²) in [6.45, 7) is 2.54. The zero-order chi connectivity index (χ0) is 13.0. The van der Waals surface area contributed by atoms with Gasteiger partial charge in [0.05, 0.1) is 6.04 Å². The third kappa shape index (κ3) is 3.17. The molecule has 2 aromatic rings. The molecule has 5 heteroatoms. The molecule has 0 saturated heterocycles. The van der Waals surface area contributed by atoms with Crippen LogP contribution in [0.1, 0.15) is 30.8 Å². The van der Waals surface area contributed by atoms with E-state index in [9.17, 15) is 4.39 Å². The fourth-order valence-corrected chi connectivity index (χ4v) is 2.22. The van der Waals surface area contributed by atoms with Gasteiger partial charge in [0.2, 0.25) is 0 Å². The lowest BCUT2D eigenvalue weighted by molar-refractivity contribution is 0.486. The fraction of sp³-hybridized carbons (Fsp3) is 0.308. The number of benzene rings is 1. The van der Waals surface area contributed by atoms with Gasteiger partial charge in [0.1, 0.15) is 11.6 Å². The standard InChI is InChI=1S/C13H15BrFN3/c1-2-12(13-16-5-6-17-13)18-8-9-7-10(14)3-4-11(9)15/h3-7,12,18H,2,8H2,1H3,(H,16,17). The molecule has 0 spiro atoms. The number of aromatic amines is 1. The summed E-state index contributed by atoms with van der Waals surface area (Å²) < 4.78 is 14.5. The Hall–Kier alpha value is -1.20. The lowest BCUT2D eigenvalue weighted by atomic mass is 10.1. The molecule has 0 aliphatic rings. The summed E-state index contributed by atoms with van der Waals surface area (Å²) in [6.07, 6.45) is 4.40. The van der Waals surface area contributed by atoms with E-state index in [1.54, 1.807) is 24.5 Å². The number of aromatic nitrogens is 2. The van der Waals surface area contributed by atoms with Crippen LogP contribution in [-0.4, -0.2) is 9.97 Å². The highest BCUT2D eigenvalue weighted by molar-refractivity contribution is 9.10. The lowest BCUT2D eigenvalue weighted by Gasteiger charge is -2.15. The molecule has 2 N–H and O–H groups in total. The van der Waals surface area contributed by atoms with E-state index in [4.69, 9.17) is 0 Å². The molecule has 1 unspecified atom stereocenters. The van der Waals surface area contributed by atoms with E-state index in [1.165, 1.54) is 6.07 Å². The molecule has 0 fully saturated rings. The van der Waals surface area contributed by atoms with Crippen molar-refractivity contribution >= 4 is 15.9 Å². The van der Waals surface area contributed by atoms with Crippen molar-refractivity contribution in [3.8, 4) is 0 Å². The Morgan fingerprint density at radius 1 is 1.50 bits per heavy atom. The van der Waals surface area contributed by atoms with Gasteiger partial charge in [0.25, 0.3) is 0 Å². The van der Waals surface area contributed by atoms with Crippen LogP contribution in [0, 0.1) is 5.82 Å². The van der Waals surface area contributed by atoms with E-state index in [2.05, 4.69) is 38.1 Å². The fourth-order valence-electron chi connectivity index (χ4n) is 1.81. The Morgan fingerprint density at radius 3 is 3.00 bits per heavy atom. The van der Waals surface area contributed by atoms with Crippen LogP contribution in [0.3, 0.4) is 0 Å². The van der Waals surface area contributed by atoms with Gasteiger partial charge in [-0.05, 0) is 24.6 Å². The summed E-state index contributed by atoms with van der Waals surface area (Å²) in [5, 5.41) is 3.30. The third-order valence-electron chi connectivity index (χ3n) is 2.80. The SMILES string of the molecule is CCC(NCc1cc(Br)ccc1F)c1ncc[nH]1. The molecular formula is C13H15BrFN3. The van der Waals surface area contributed by atoms with E-state index in [1.807, 2.05) is 0 Å². The van der Waals surface area contributed by atoms with E-state index in [0.717, 1.165) is 16.7 Å². The molecule has 1 aromatic heterocycles. The Kier molecular flexibility index (Phi) is 4.49. The zero-order valence-corrected chi connectivity index (χ0v) is 11.7. The van der Waals surface area contributed by atoms with Crippen LogP contribution >= 0.6 is 15.9 Å². The molecule has 18 heavy (non-hydrogen) atoms. The van der Waals surface area contributed by atoms with Crippen LogP contribution in [0.2, 0.25) is 0 Å². The van der Waals surface area contributed by atoms with Crippen molar-refractivity contribution < 1.29 is 4.39 Å². The Balaban J connectivity index is 2.04. The number of H-pyrrole nitrogens is 1. The van der Waals surface area contributed by atoms with Crippen molar-refractivity contribution in [1.82, 2.24) is 15.3 Å². The smallest absolute Gasteiger partial charge is 0.127 e. The molecule has 0 saturated carbocycles. The molecule has 0 bridgehead atoms. The van der Waals surface area contributed by atoms with Crippen molar-refractivity contribution in [2.24, 2.45) is 0 Å². The average molecular weight is 312 g/mol.